The van der Waals surface area contributed by atoms with Crippen molar-refractivity contribution in [3.63, 3.8) is 0 Å². The third-order valence-electron chi connectivity index (χ3n) is 4.26. The van der Waals surface area contributed by atoms with Crippen molar-refractivity contribution in [1.82, 2.24) is 10.6 Å². The third kappa shape index (κ3) is 6.75. The normalized spacial score (nSPS) is 21.1. The summed E-state index contributed by atoms with van der Waals surface area (Å²) >= 11 is 0. The molecule has 0 heterocycles. The summed E-state index contributed by atoms with van der Waals surface area (Å²) in [7, 11) is 1.64. The van der Waals surface area contributed by atoms with Crippen molar-refractivity contribution in [3.05, 3.63) is 24.3 Å². The molecule has 0 unspecified atom stereocenters. The van der Waals surface area contributed by atoms with Gasteiger partial charge in [0.25, 0.3) is 0 Å². The Balaban J connectivity index is 1.78. The zero-order valence-corrected chi connectivity index (χ0v) is 16.5. The number of hydrogen-bond acceptors (Lipinski definition) is 5. The van der Waals surface area contributed by atoms with E-state index in [0.717, 1.165) is 30.8 Å². The number of methoxy groups -OCH3 is 1. The highest BCUT2D eigenvalue weighted by atomic mass is 16.6. The molecule has 1 aromatic carbocycles. The molecule has 0 aromatic heterocycles. The molecule has 0 aliphatic heterocycles. The Morgan fingerprint density at radius 3 is 2.62 bits per heavy atom. The molecule has 1 aliphatic carbocycles. The minimum Gasteiger partial charge on any atom is -0.497 e. The minimum atomic E-state index is -0.481. The molecule has 1 aromatic rings. The summed E-state index contributed by atoms with van der Waals surface area (Å²) in [6.07, 6.45) is 2.74. The van der Waals surface area contributed by atoms with Gasteiger partial charge in [0.15, 0.2) is 0 Å². The van der Waals surface area contributed by atoms with Gasteiger partial charge in [0.05, 0.1) is 7.11 Å². The second kappa shape index (κ2) is 9.12. The van der Waals surface area contributed by atoms with Crippen LogP contribution in [0, 0.1) is 0 Å². The van der Waals surface area contributed by atoms with Gasteiger partial charge >= 0.3 is 6.09 Å². The number of nitrogens with one attached hydrogen (secondary N) is 2. The van der Waals surface area contributed by atoms with Crippen LogP contribution in [0.4, 0.5) is 4.79 Å². The molecule has 0 radical (unpaired) electrons. The maximum Gasteiger partial charge on any atom is 0.407 e. The van der Waals surface area contributed by atoms with E-state index in [9.17, 15) is 4.79 Å². The standard InChI is InChI=1S/C20H32N2O4/c1-14(25-16-9-6-8-15(12-16)24-5)13-21-17-10-7-11-18(17)22-19(23)26-20(2,3)4/h6,8-9,12,14,17-18,21H,7,10-11,13H2,1-5H3,(H,22,23)/t14-,17-,18+/m1/s1. The van der Waals surface area contributed by atoms with Crippen LogP contribution in [0.2, 0.25) is 0 Å². The van der Waals surface area contributed by atoms with Gasteiger partial charge in [0.1, 0.15) is 23.2 Å². The van der Waals surface area contributed by atoms with Crippen molar-refractivity contribution >= 4 is 6.09 Å². The van der Waals surface area contributed by atoms with Crippen LogP contribution in [0.25, 0.3) is 0 Å². The van der Waals surface area contributed by atoms with Gasteiger partial charge in [-0.1, -0.05) is 6.07 Å². The van der Waals surface area contributed by atoms with Gasteiger partial charge in [0, 0.05) is 24.7 Å². The Morgan fingerprint density at radius 1 is 1.23 bits per heavy atom. The summed E-state index contributed by atoms with van der Waals surface area (Å²) in [5.41, 5.74) is -0.481. The lowest BCUT2D eigenvalue weighted by molar-refractivity contribution is 0.0497. The second-order valence-corrected chi connectivity index (χ2v) is 7.81. The average Bonchev–Trinajstić information content (AvgIpc) is 2.98. The van der Waals surface area contributed by atoms with Crippen molar-refractivity contribution in [2.24, 2.45) is 0 Å². The zero-order valence-electron chi connectivity index (χ0n) is 16.5. The number of amides is 1. The summed E-state index contributed by atoms with van der Waals surface area (Å²) in [5, 5.41) is 6.51. The fraction of sp³-hybridized carbons (Fsp3) is 0.650. The highest BCUT2D eigenvalue weighted by molar-refractivity contribution is 5.68. The number of benzene rings is 1. The van der Waals surface area contributed by atoms with Crippen molar-refractivity contribution in [2.75, 3.05) is 13.7 Å². The van der Waals surface area contributed by atoms with Gasteiger partial charge < -0.3 is 24.8 Å². The van der Waals surface area contributed by atoms with E-state index in [1.54, 1.807) is 7.11 Å². The van der Waals surface area contributed by atoms with Crippen molar-refractivity contribution in [2.45, 2.75) is 70.7 Å². The molecular weight excluding hydrogens is 332 g/mol. The second-order valence-electron chi connectivity index (χ2n) is 7.81. The number of rotatable bonds is 7. The topological polar surface area (TPSA) is 68.8 Å². The van der Waals surface area contributed by atoms with Crippen molar-refractivity contribution in [1.29, 1.82) is 0 Å². The number of carbonyl (C=O) groups is 1. The van der Waals surface area contributed by atoms with Crippen LogP contribution < -0.4 is 20.1 Å². The molecule has 26 heavy (non-hydrogen) atoms. The Kier molecular flexibility index (Phi) is 7.14. The van der Waals surface area contributed by atoms with Crippen LogP contribution in [-0.2, 0) is 4.74 Å². The Labute approximate surface area is 156 Å². The molecule has 2 rings (SSSR count). The highest BCUT2D eigenvalue weighted by Crippen LogP contribution is 2.22. The lowest BCUT2D eigenvalue weighted by Crippen LogP contribution is -2.49. The number of hydrogen-bond donors (Lipinski definition) is 2. The molecule has 0 spiro atoms. The van der Waals surface area contributed by atoms with Crippen molar-refractivity contribution in [3.8, 4) is 11.5 Å². The molecule has 1 fully saturated rings. The summed E-state index contributed by atoms with van der Waals surface area (Å²) in [4.78, 5) is 12.0. The average molecular weight is 364 g/mol. The smallest absolute Gasteiger partial charge is 0.407 e. The van der Waals surface area contributed by atoms with E-state index in [4.69, 9.17) is 14.2 Å². The maximum absolute atomic E-state index is 12.0. The zero-order chi connectivity index (χ0) is 19.2. The number of alkyl carbamates (subject to hydrolysis) is 1. The predicted molar refractivity (Wildman–Crippen MR) is 102 cm³/mol. The Hall–Kier alpha value is -1.95. The largest absolute Gasteiger partial charge is 0.497 e. The first-order valence-electron chi connectivity index (χ1n) is 9.30. The van der Waals surface area contributed by atoms with Gasteiger partial charge in [0.2, 0.25) is 0 Å². The predicted octanol–water partition coefficient (Wildman–Crippen LogP) is 3.50. The van der Waals surface area contributed by atoms with Crippen LogP contribution >= 0.6 is 0 Å². The summed E-state index contributed by atoms with van der Waals surface area (Å²) in [6.45, 7) is 8.34. The Bertz CT molecular complexity index is 585. The molecule has 6 heteroatoms. The van der Waals surface area contributed by atoms with Crippen molar-refractivity contribution < 1.29 is 19.0 Å². The van der Waals surface area contributed by atoms with E-state index in [1.165, 1.54) is 0 Å². The first-order chi connectivity index (χ1) is 12.3. The number of carbonyl (C=O) groups excluding carboxylic acids is 1. The number of ether oxygens (including phenoxy) is 3. The fourth-order valence-electron chi connectivity index (χ4n) is 3.10. The third-order valence-corrected chi connectivity index (χ3v) is 4.26. The summed E-state index contributed by atoms with van der Waals surface area (Å²) in [6, 6.07) is 7.92. The van der Waals surface area contributed by atoms with E-state index >= 15 is 0 Å². The van der Waals surface area contributed by atoms with E-state index in [2.05, 4.69) is 10.6 Å². The first-order valence-corrected chi connectivity index (χ1v) is 9.30. The summed E-state index contributed by atoms with van der Waals surface area (Å²) < 4.78 is 16.5. The molecule has 1 aliphatic rings. The van der Waals surface area contributed by atoms with Crippen LogP contribution in [0.1, 0.15) is 47.0 Å². The van der Waals surface area contributed by atoms with Gasteiger partial charge in [-0.15, -0.1) is 0 Å². The molecule has 6 nitrogen and oxygen atoms in total. The van der Waals surface area contributed by atoms with Gasteiger partial charge in [-0.05, 0) is 59.1 Å². The lowest BCUT2D eigenvalue weighted by atomic mass is 10.1. The quantitative estimate of drug-likeness (QED) is 0.775. The Morgan fingerprint density at radius 2 is 1.92 bits per heavy atom. The van der Waals surface area contributed by atoms with Crippen LogP contribution in [0.5, 0.6) is 11.5 Å². The molecule has 3 atom stereocenters. The lowest BCUT2D eigenvalue weighted by Gasteiger charge is -2.26. The fourth-order valence-corrected chi connectivity index (χ4v) is 3.10. The van der Waals surface area contributed by atoms with Crippen LogP contribution in [0.15, 0.2) is 24.3 Å². The minimum absolute atomic E-state index is 0.00452. The highest BCUT2D eigenvalue weighted by Gasteiger charge is 2.30. The van der Waals surface area contributed by atoms with Gasteiger partial charge in [-0.2, -0.15) is 0 Å². The van der Waals surface area contributed by atoms with Crippen LogP contribution in [0.3, 0.4) is 0 Å². The molecule has 1 amide bonds. The molecule has 0 bridgehead atoms. The monoisotopic (exact) mass is 364 g/mol. The van der Waals surface area contributed by atoms with Gasteiger partial charge in [-0.25, -0.2) is 4.79 Å². The van der Waals surface area contributed by atoms with Gasteiger partial charge in [-0.3, -0.25) is 0 Å². The van der Waals surface area contributed by atoms with Crippen LogP contribution in [-0.4, -0.2) is 43.5 Å². The first kappa shape index (κ1) is 20.4. The molecule has 146 valence electrons. The van der Waals surface area contributed by atoms with E-state index in [1.807, 2.05) is 52.0 Å². The SMILES string of the molecule is COc1cccc(O[C@H](C)CN[C@@H]2CCC[C@@H]2NC(=O)OC(C)(C)C)c1. The van der Waals surface area contributed by atoms with E-state index in [-0.39, 0.29) is 24.3 Å². The molecule has 1 saturated carbocycles. The van der Waals surface area contributed by atoms with E-state index < -0.39 is 5.60 Å². The maximum atomic E-state index is 12.0. The molecule has 2 N–H and O–H groups in total. The summed E-state index contributed by atoms with van der Waals surface area (Å²) in [5.74, 6) is 1.56. The van der Waals surface area contributed by atoms with E-state index in [0.29, 0.717) is 6.54 Å². The molecule has 0 saturated heterocycles. The molecular formula is C20H32N2O4.